The second-order valence-corrected chi connectivity index (χ2v) is 8.97. The molecule has 0 aromatic carbocycles. The van der Waals surface area contributed by atoms with Crippen molar-refractivity contribution in [2.45, 2.75) is 19.6 Å². The number of carboxylic acids is 1. The van der Waals surface area contributed by atoms with Crippen LogP contribution in [0.4, 0.5) is 0 Å². The molecular weight excluding hydrogens is 206 g/mol. The second kappa shape index (κ2) is 4.28. The molecule has 0 aliphatic heterocycles. The van der Waals surface area contributed by atoms with E-state index in [0.29, 0.717) is 5.69 Å². The highest BCUT2D eigenvalue weighted by Crippen LogP contribution is 2.00. The number of nitrogens with zero attached hydrogens (tertiary/aromatic N) is 1. The first kappa shape index (κ1) is 11.5. The molecule has 0 N–H and O–H groups in total. The fourth-order valence-corrected chi connectivity index (χ4v) is 1.34. The zero-order valence-corrected chi connectivity index (χ0v) is 10.00. The van der Waals surface area contributed by atoms with Crippen molar-refractivity contribution in [3.63, 3.8) is 0 Å². The zero-order chi connectivity index (χ0) is 11.5. The van der Waals surface area contributed by atoms with E-state index in [1.54, 1.807) is 6.07 Å². The van der Waals surface area contributed by atoms with Crippen LogP contribution in [0.3, 0.4) is 0 Å². The summed E-state index contributed by atoms with van der Waals surface area (Å²) in [6.07, 6.45) is 1.27. The van der Waals surface area contributed by atoms with Gasteiger partial charge in [0.15, 0.2) is 0 Å². The molecule has 0 fully saturated rings. The number of carbonyl (C=O) groups excluding carboxylic acids is 1. The van der Waals surface area contributed by atoms with Gasteiger partial charge in [0.1, 0.15) is 13.8 Å². The van der Waals surface area contributed by atoms with Crippen LogP contribution in [0, 0.1) is 11.5 Å². The van der Waals surface area contributed by atoms with E-state index in [9.17, 15) is 9.90 Å². The van der Waals surface area contributed by atoms with Crippen LogP contribution in [0.15, 0.2) is 18.3 Å². The maximum absolute atomic E-state index is 10.4. The van der Waals surface area contributed by atoms with Gasteiger partial charge in [0, 0.05) is 11.8 Å². The average molecular weight is 218 g/mol. The first-order valence-corrected chi connectivity index (χ1v) is 8.09. The normalized spacial score (nSPS) is 10.3. The summed E-state index contributed by atoms with van der Waals surface area (Å²) in [6.45, 7) is 6.40. The Bertz CT molecular complexity index is 421. The minimum Gasteiger partial charge on any atom is -0.545 e. The predicted octanol–water partition coefficient (Wildman–Crippen LogP) is 0.674. The molecule has 3 nitrogen and oxygen atoms in total. The van der Waals surface area contributed by atoms with E-state index in [4.69, 9.17) is 0 Å². The lowest BCUT2D eigenvalue weighted by molar-refractivity contribution is -0.255. The molecule has 0 aliphatic rings. The van der Waals surface area contributed by atoms with Crippen LogP contribution in [0.25, 0.3) is 0 Å². The Morgan fingerprint density at radius 3 is 2.47 bits per heavy atom. The number of carboxylic acid groups (broad SMARTS) is 1. The van der Waals surface area contributed by atoms with E-state index >= 15 is 0 Å². The van der Waals surface area contributed by atoms with E-state index in [1.165, 1.54) is 12.3 Å². The molecular formula is C11H12NO2Si-. The van der Waals surface area contributed by atoms with Crippen LogP contribution in [0.5, 0.6) is 0 Å². The lowest BCUT2D eigenvalue weighted by Crippen LogP contribution is -2.22. The minimum absolute atomic E-state index is 0.0774. The fourth-order valence-electron chi connectivity index (χ4n) is 0.840. The van der Waals surface area contributed by atoms with E-state index in [0.717, 1.165) is 0 Å². The molecule has 0 bridgehead atoms. The van der Waals surface area contributed by atoms with Gasteiger partial charge in [0.25, 0.3) is 0 Å². The van der Waals surface area contributed by atoms with Crippen molar-refractivity contribution in [3.05, 3.63) is 29.6 Å². The summed E-state index contributed by atoms with van der Waals surface area (Å²) < 4.78 is 0. The van der Waals surface area contributed by atoms with E-state index < -0.39 is 14.0 Å². The van der Waals surface area contributed by atoms with Crippen LogP contribution in [-0.4, -0.2) is 19.0 Å². The number of pyridine rings is 1. The first-order valence-electron chi connectivity index (χ1n) is 4.59. The first-order chi connectivity index (χ1) is 6.88. The summed E-state index contributed by atoms with van der Waals surface area (Å²) in [7, 11) is -1.41. The van der Waals surface area contributed by atoms with Crippen LogP contribution in [0.2, 0.25) is 19.6 Å². The van der Waals surface area contributed by atoms with Gasteiger partial charge in [-0.1, -0.05) is 25.6 Å². The maximum Gasteiger partial charge on any atom is 0.129 e. The number of aromatic nitrogens is 1. The number of hydrogen-bond acceptors (Lipinski definition) is 3. The van der Waals surface area contributed by atoms with Crippen LogP contribution >= 0.6 is 0 Å². The van der Waals surface area contributed by atoms with Gasteiger partial charge >= 0.3 is 0 Å². The Morgan fingerprint density at radius 2 is 2.07 bits per heavy atom. The lowest BCUT2D eigenvalue weighted by atomic mass is 10.2. The number of carbonyl (C=O) groups is 1. The molecule has 1 aromatic heterocycles. The highest BCUT2D eigenvalue weighted by Gasteiger charge is 2.07. The van der Waals surface area contributed by atoms with Crippen molar-refractivity contribution in [3.8, 4) is 11.5 Å². The third-order valence-electron chi connectivity index (χ3n) is 1.56. The Hall–Kier alpha value is -1.60. The molecule has 0 radical (unpaired) electrons. The predicted molar refractivity (Wildman–Crippen MR) is 58.8 cm³/mol. The molecule has 0 atom stereocenters. The SMILES string of the molecule is C[Si](C)(C)C#Cc1ccc(C(=O)[O-])cn1. The number of aromatic carboxylic acids is 1. The molecule has 0 spiro atoms. The number of hydrogen-bond donors (Lipinski definition) is 0. The van der Waals surface area contributed by atoms with Gasteiger partial charge in [-0.05, 0) is 12.1 Å². The van der Waals surface area contributed by atoms with Crippen LogP contribution in [-0.2, 0) is 0 Å². The van der Waals surface area contributed by atoms with Gasteiger partial charge in [0.05, 0.1) is 5.97 Å². The molecule has 78 valence electrons. The van der Waals surface area contributed by atoms with Crippen molar-refractivity contribution in [1.29, 1.82) is 0 Å². The summed E-state index contributed by atoms with van der Waals surface area (Å²) in [6, 6.07) is 3.05. The second-order valence-electron chi connectivity index (χ2n) is 4.22. The monoisotopic (exact) mass is 218 g/mol. The molecule has 0 saturated heterocycles. The van der Waals surface area contributed by atoms with Crippen molar-refractivity contribution in [2.24, 2.45) is 0 Å². The Labute approximate surface area is 90.2 Å². The molecule has 0 aliphatic carbocycles. The summed E-state index contributed by atoms with van der Waals surface area (Å²) in [5.74, 6) is 1.72. The Morgan fingerprint density at radius 1 is 1.40 bits per heavy atom. The molecule has 15 heavy (non-hydrogen) atoms. The van der Waals surface area contributed by atoms with Crippen LogP contribution in [0.1, 0.15) is 16.1 Å². The van der Waals surface area contributed by atoms with Crippen LogP contribution < -0.4 is 5.11 Å². The highest BCUT2D eigenvalue weighted by atomic mass is 28.3. The molecule has 0 amide bonds. The average Bonchev–Trinajstić information content (AvgIpc) is 2.14. The zero-order valence-electron chi connectivity index (χ0n) is 9.00. The van der Waals surface area contributed by atoms with Crippen molar-refractivity contribution in [2.75, 3.05) is 0 Å². The van der Waals surface area contributed by atoms with E-state index in [1.807, 2.05) is 0 Å². The van der Waals surface area contributed by atoms with Gasteiger partial charge in [-0.2, -0.15) is 0 Å². The fraction of sp³-hybridized carbons (Fsp3) is 0.273. The molecule has 1 heterocycles. The smallest absolute Gasteiger partial charge is 0.129 e. The quantitative estimate of drug-likeness (QED) is 0.514. The molecule has 0 unspecified atom stereocenters. The summed E-state index contributed by atoms with van der Waals surface area (Å²) in [5, 5.41) is 10.4. The maximum atomic E-state index is 10.4. The third kappa shape index (κ3) is 3.96. The van der Waals surface area contributed by atoms with E-state index in [-0.39, 0.29) is 5.56 Å². The molecule has 1 aromatic rings. The molecule has 4 heteroatoms. The van der Waals surface area contributed by atoms with Crippen molar-refractivity contribution < 1.29 is 9.90 Å². The molecule has 1 rings (SSSR count). The summed E-state index contributed by atoms with van der Waals surface area (Å²) in [4.78, 5) is 14.4. The van der Waals surface area contributed by atoms with Gasteiger partial charge < -0.3 is 9.90 Å². The largest absolute Gasteiger partial charge is 0.545 e. The number of rotatable bonds is 1. The van der Waals surface area contributed by atoms with Gasteiger partial charge in [0.2, 0.25) is 0 Å². The Balaban J connectivity index is 2.89. The highest BCUT2D eigenvalue weighted by molar-refractivity contribution is 6.83. The van der Waals surface area contributed by atoms with Gasteiger partial charge in [-0.3, -0.25) is 0 Å². The third-order valence-corrected chi connectivity index (χ3v) is 2.44. The Kier molecular flexibility index (Phi) is 3.27. The standard InChI is InChI=1S/C11H13NO2Si/c1-15(2,3)7-6-10-5-4-9(8-12-10)11(13)14/h4-5,8H,1-3H3,(H,13,14)/p-1. The summed E-state index contributed by atoms with van der Waals surface area (Å²) >= 11 is 0. The molecule has 0 saturated carbocycles. The lowest BCUT2D eigenvalue weighted by Gasteiger charge is -2.03. The topological polar surface area (TPSA) is 53.0 Å². The van der Waals surface area contributed by atoms with Crippen molar-refractivity contribution >= 4 is 14.0 Å². The minimum atomic E-state index is -1.41. The van der Waals surface area contributed by atoms with Crippen molar-refractivity contribution in [1.82, 2.24) is 4.98 Å². The van der Waals surface area contributed by atoms with Gasteiger partial charge in [-0.15, -0.1) is 5.54 Å². The van der Waals surface area contributed by atoms with Gasteiger partial charge in [-0.25, -0.2) is 4.98 Å². The summed E-state index contributed by atoms with van der Waals surface area (Å²) in [5.41, 5.74) is 3.83. The van der Waals surface area contributed by atoms with E-state index in [2.05, 4.69) is 36.1 Å².